The predicted octanol–water partition coefficient (Wildman–Crippen LogP) is 4.09. The average Bonchev–Trinajstić information content (AvgIpc) is 3.02. The number of amides is 1. The van der Waals surface area contributed by atoms with E-state index in [1.165, 1.54) is 0 Å². The molecule has 0 saturated carbocycles. The molecule has 1 heterocycles. The molecule has 1 atom stereocenters. The van der Waals surface area contributed by atoms with Crippen LogP contribution in [0.2, 0.25) is 0 Å². The van der Waals surface area contributed by atoms with Crippen LogP contribution in [0.4, 0.5) is 0 Å². The van der Waals surface area contributed by atoms with Crippen LogP contribution in [0.25, 0.3) is 5.76 Å². The van der Waals surface area contributed by atoms with Crippen LogP contribution >= 0.6 is 0 Å². The van der Waals surface area contributed by atoms with Crippen molar-refractivity contribution in [3.8, 4) is 5.75 Å². The first-order chi connectivity index (χ1) is 15.3. The lowest BCUT2D eigenvalue weighted by molar-refractivity contribution is -0.140. The minimum Gasteiger partial charge on any atom is -0.507 e. The minimum atomic E-state index is -0.677. The van der Waals surface area contributed by atoms with Crippen molar-refractivity contribution in [1.82, 2.24) is 9.80 Å². The van der Waals surface area contributed by atoms with Crippen LogP contribution in [-0.2, 0) is 9.59 Å². The number of likely N-dealkylation sites (N-methyl/N-ethyl adjacent to an activating group) is 1. The van der Waals surface area contributed by atoms with Crippen molar-refractivity contribution >= 4 is 17.4 Å². The summed E-state index contributed by atoms with van der Waals surface area (Å²) in [7, 11) is 3.83. The van der Waals surface area contributed by atoms with Gasteiger partial charge in [-0.15, -0.1) is 0 Å². The maximum Gasteiger partial charge on any atom is 0.295 e. The number of nitrogens with zero attached hydrogens (tertiary/aromatic N) is 2. The molecule has 1 fully saturated rings. The Labute approximate surface area is 190 Å². The average molecular weight is 437 g/mol. The van der Waals surface area contributed by atoms with Gasteiger partial charge in [-0.3, -0.25) is 9.59 Å². The number of hydrogen-bond acceptors (Lipinski definition) is 5. The molecular formula is C26H32N2O4. The van der Waals surface area contributed by atoms with Gasteiger partial charge in [0.15, 0.2) is 0 Å². The van der Waals surface area contributed by atoms with E-state index in [4.69, 9.17) is 4.74 Å². The third-order valence-corrected chi connectivity index (χ3v) is 5.51. The van der Waals surface area contributed by atoms with Crippen LogP contribution < -0.4 is 4.74 Å². The third-order valence-electron chi connectivity index (χ3n) is 5.51. The number of hydrogen-bond donors (Lipinski definition) is 1. The fourth-order valence-corrected chi connectivity index (χ4v) is 3.70. The van der Waals surface area contributed by atoms with Gasteiger partial charge in [-0.2, -0.15) is 0 Å². The van der Waals surface area contributed by atoms with Crippen molar-refractivity contribution in [3.05, 3.63) is 71.3 Å². The SMILES string of the molecule is CC(C)CCOc1cccc(C2/C(=C(\O)c3ccccc3)C(=O)C(=O)N2CCN(C)C)c1. The highest BCUT2D eigenvalue weighted by Gasteiger charge is 2.46. The van der Waals surface area contributed by atoms with Crippen LogP contribution in [0.15, 0.2) is 60.2 Å². The Morgan fingerprint density at radius 1 is 1.09 bits per heavy atom. The lowest BCUT2D eigenvalue weighted by Crippen LogP contribution is -2.35. The Morgan fingerprint density at radius 3 is 2.47 bits per heavy atom. The van der Waals surface area contributed by atoms with Crippen LogP contribution in [0.1, 0.15) is 37.4 Å². The molecule has 1 aliphatic rings. The van der Waals surface area contributed by atoms with Crippen molar-refractivity contribution in [2.45, 2.75) is 26.3 Å². The standard InChI is InChI=1S/C26H32N2O4/c1-18(2)13-16-32-21-12-8-11-20(17-21)23-22(24(29)19-9-6-5-7-10-19)25(30)26(31)28(23)15-14-27(3)4/h5-12,17-18,23,29H,13-16H2,1-4H3/b24-22+. The monoisotopic (exact) mass is 436 g/mol. The van der Waals surface area contributed by atoms with Gasteiger partial charge in [0.05, 0.1) is 18.2 Å². The minimum absolute atomic E-state index is 0.110. The predicted molar refractivity (Wildman–Crippen MR) is 125 cm³/mol. The van der Waals surface area contributed by atoms with Gasteiger partial charge < -0.3 is 19.6 Å². The Bertz CT molecular complexity index is 982. The molecule has 1 aliphatic heterocycles. The van der Waals surface area contributed by atoms with E-state index in [2.05, 4.69) is 13.8 Å². The number of carbonyl (C=O) groups excluding carboxylic acids is 2. The molecule has 0 bridgehead atoms. The highest BCUT2D eigenvalue weighted by Crippen LogP contribution is 2.40. The number of benzene rings is 2. The summed E-state index contributed by atoms with van der Waals surface area (Å²) in [6, 6.07) is 15.6. The molecule has 1 unspecified atom stereocenters. The fourth-order valence-electron chi connectivity index (χ4n) is 3.70. The first kappa shape index (κ1) is 23.5. The second-order valence-electron chi connectivity index (χ2n) is 8.77. The van der Waals surface area contributed by atoms with Gasteiger partial charge in [-0.05, 0) is 44.1 Å². The van der Waals surface area contributed by atoms with E-state index in [1.54, 1.807) is 29.2 Å². The molecule has 1 saturated heterocycles. The maximum atomic E-state index is 13.0. The van der Waals surface area contributed by atoms with Crippen molar-refractivity contribution in [2.75, 3.05) is 33.8 Å². The fraction of sp³-hybridized carbons (Fsp3) is 0.385. The molecule has 6 nitrogen and oxygen atoms in total. The number of likely N-dealkylation sites (tertiary alicyclic amines) is 1. The summed E-state index contributed by atoms with van der Waals surface area (Å²) >= 11 is 0. The number of rotatable bonds is 9. The lowest BCUT2D eigenvalue weighted by Gasteiger charge is -2.27. The zero-order valence-electron chi connectivity index (χ0n) is 19.2. The highest BCUT2D eigenvalue weighted by atomic mass is 16.5. The lowest BCUT2D eigenvalue weighted by atomic mass is 9.95. The van der Waals surface area contributed by atoms with E-state index in [1.807, 2.05) is 49.3 Å². The Balaban J connectivity index is 2.04. The molecule has 0 aliphatic carbocycles. The normalized spacial score (nSPS) is 18.1. The molecule has 2 aromatic carbocycles. The zero-order chi connectivity index (χ0) is 23.3. The Hall–Kier alpha value is -3.12. The van der Waals surface area contributed by atoms with Gasteiger partial charge in [0.2, 0.25) is 0 Å². The number of aliphatic hydroxyl groups is 1. The topological polar surface area (TPSA) is 70.1 Å². The quantitative estimate of drug-likeness (QED) is 0.364. The number of ether oxygens (including phenoxy) is 1. The van der Waals surface area contributed by atoms with Crippen molar-refractivity contribution < 1.29 is 19.4 Å². The summed E-state index contributed by atoms with van der Waals surface area (Å²) in [5, 5.41) is 11.0. The molecule has 0 spiro atoms. The first-order valence-electron chi connectivity index (χ1n) is 11.0. The molecule has 6 heteroatoms. The van der Waals surface area contributed by atoms with E-state index in [9.17, 15) is 14.7 Å². The van der Waals surface area contributed by atoms with E-state index < -0.39 is 17.7 Å². The van der Waals surface area contributed by atoms with Gasteiger partial charge >= 0.3 is 0 Å². The number of aliphatic hydroxyl groups excluding tert-OH is 1. The smallest absolute Gasteiger partial charge is 0.295 e. The second kappa shape index (κ2) is 10.5. The van der Waals surface area contributed by atoms with Gasteiger partial charge in [-0.25, -0.2) is 0 Å². The van der Waals surface area contributed by atoms with Crippen LogP contribution in [-0.4, -0.2) is 60.4 Å². The highest BCUT2D eigenvalue weighted by molar-refractivity contribution is 6.46. The zero-order valence-corrected chi connectivity index (χ0v) is 19.2. The first-order valence-corrected chi connectivity index (χ1v) is 11.0. The summed E-state index contributed by atoms with van der Waals surface area (Å²) < 4.78 is 5.91. The van der Waals surface area contributed by atoms with Gasteiger partial charge in [0.1, 0.15) is 11.5 Å². The number of ketones is 1. The maximum absolute atomic E-state index is 13.0. The Morgan fingerprint density at radius 2 is 1.81 bits per heavy atom. The van der Waals surface area contributed by atoms with Crippen molar-refractivity contribution in [2.24, 2.45) is 5.92 Å². The molecule has 0 radical (unpaired) electrons. The largest absolute Gasteiger partial charge is 0.507 e. The molecule has 1 N–H and O–H groups in total. The summed E-state index contributed by atoms with van der Waals surface area (Å²) in [4.78, 5) is 29.5. The Kier molecular flexibility index (Phi) is 7.70. The van der Waals surface area contributed by atoms with E-state index in [-0.39, 0.29) is 11.3 Å². The van der Waals surface area contributed by atoms with E-state index >= 15 is 0 Å². The summed E-state index contributed by atoms with van der Waals surface area (Å²) in [5.41, 5.74) is 1.36. The molecule has 0 aromatic heterocycles. The molecule has 2 aromatic rings. The van der Waals surface area contributed by atoms with Gasteiger partial charge in [0.25, 0.3) is 11.7 Å². The van der Waals surface area contributed by atoms with Crippen LogP contribution in [0, 0.1) is 5.92 Å². The van der Waals surface area contributed by atoms with E-state index in [0.29, 0.717) is 36.9 Å². The second-order valence-corrected chi connectivity index (χ2v) is 8.77. The number of carbonyl (C=O) groups is 2. The molecule has 1 amide bonds. The summed E-state index contributed by atoms with van der Waals surface area (Å²) in [6.07, 6.45) is 0.930. The van der Waals surface area contributed by atoms with Crippen LogP contribution in [0.5, 0.6) is 5.75 Å². The molecule has 170 valence electrons. The van der Waals surface area contributed by atoms with Gasteiger partial charge in [-0.1, -0.05) is 56.3 Å². The third kappa shape index (κ3) is 5.37. The van der Waals surface area contributed by atoms with Crippen LogP contribution in [0.3, 0.4) is 0 Å². The molecule has 32 heavy (non-hydrogen) atoms. The molecule has 3 rings (SSSR count). The van der Waals surface area contributed by atoms with Crippen molar-refractivity contribution in [1.29, 1.82) is 0 Å². The summed E-state index contributed by atoms with van der Waals surface area (Å²) in [5.74, 6) is -0.211. The van der Waals surface area contributed by atoms with Gasteiger partial charge in [0, 0.05) is 18.7 Å². The summed E-state index contributed by atoms with van der Waals surface area (Å²) in [6.45, 7) is 5.83. The van der Waals surface area contributed by atoms with Crippen molar-refractivity contribution in [3.63, 3.8) is 0 Å². The molecular weight excluding hydrogens is 404 g/mol. The van der Waals surface area contributed by atoms with E-state index in [0.717, 1.165) is 12.0 Å². The number of Topliss-reactive ketones (excluding diaryl/α,β-unsaturated/α-hetero) is 1.